The summed E-state index contributed by atoms with van der Waals surface area (Å²) in [7, 11) is 0. The lowest BCUT2D eigenvalue weighted by molar-refractivity contribution is -0.722. The van der Waals surface area contributed by atoms with Gasteiger partial charge in [0.25, 0.3) is 0 Å². The number of alkyl halides is 3. The molecule has 7 heteroatoms. The summed E-state index contributed by atoms with van der Waals surface area (Å²) >= 11 is 1.48. The summed E-state index contributed by atoms with van der Waals surface area (Å²) in [5, 5.41) is 1.91. The number of rotatable bonds is 9. The zero-order valence-electron chi connectivity index (χ0n) is 27.5. The number of allylic oxidation sites excluding steroid dienone is 3. The summed E-state index contributed by atoms with van der Waals surface area (Å²) in [6.45, 7) is 15.7. The van der Waals surface area contributed by atoms with Gasteiger partial charge in [0.05, 0.1) is 5.71 Å². The van der Waals surface area contributed by atoms with Gasteiger partial charge in [-0.2, -0.15) is 17.7 Å². The highest BCUT2D eigenvalue weighted by Gasteiger charge is 2.35. The molecular formula is C39H43F3N3S+. The topological polar surface area (TPSA) is 42.3 Å². The smallest absolute Gasteiger partial charge is 0.401 e. The quantitative estimate of drug-likeness (QED) is 0.236. The van der Waals surface area contributed by atoms with Crippen LogP contribution in [0.25, 0.3) is 29.2 Å². The highest BCUT2D eigenvalue weighted by atomic mass is 32.2. The molecule has 0 atom stereocenters. The molecule has 1 aromatic heterocycles. The molecule has 2 heterocycles. The minimum absolute atomic E-state index is 0.00120. The number of aliphatic imine (C=N–C) groups is 1. The fourth-order valence-electron chi connectivity index (χ4n) is 4.62. The monoisotopic (exact) mass is 642 g/mol. The van der Waals surface area contributed by atoms with Gasteiger partial charge in [0, 0.05) is 57.8 Å². The Kier molecular flexibility index (Phi) is 10.7. The van der Waals surface area contributed by atoms with Gasteiger partial charge in [0.1, 0.15) is 0 Å². The predicted octanol–water partition coefficient (Wildman–Crippen LogP) is 10.6. The van der Waals surface area contributed by atoms with Gasteiger partial charge in [-0.1, -0.05) is 114 Å². The molecule has 0 unspecified atom stereocenters. The maximum Gasteiger partial charge on any atom is 0.448 e. The van der Waals surface area contributed by atoms with Crippen molar-refractivity contribution in [2.75, 3.05) is 0 Å². The first kappa shape index (κ1) is 34.8. The number of nitrogens with two attached hydrogens (primary N) is 1. The number of halogens is 3. The zero-order valence-corrected chi connectivity index (χ0v) is 28.3. The lowest BCUT2D eigenvalue weighted by Crippen LogP contribution is -2.46. The van der Waals surface area contributed by atoms with Crippen LogP contribution >= 0.6 is 11.8 Å². The Bertz CT molecular complexity index is 1710. The Hall–Kier alpha value is -4.10. The lowest BCUT2D eigenvalue weighted by atomic mass is 9.92. The molecule has 2 aromatic carbocycles. The van der Waals surface area contributed by atoms with Gasteiger partial charge in [-0.3, -0.25) is 4.99 Å². The van der Waals surface area contributed by atoms with Crippen LogP contribution in [0.4, 0.5) is 13.2 Å². The number of hydrogen-bond donors (Lipinski definition) is 1. The second-order valence-electron chi connectivity index (χ2n) is 13.5. The van der Waals surface area contributed by atoms with Crippen LogP contribution in [0.15, 0.2) is 101 Å². The van der Waals surface area contributed by atoms with Crippen LogP contribution in [-0.2, 0) is 6.54 Å². The van der Waals surface area contributed by atoms with Crippen molar-refractivity contribution in [1.82, 2.24) is 0 Å². The summed E-state index contributed by atoms with van der Waals surface area (Å²) in [5.74, 6) is 0. The molecule has 0 saturated heterocycles. The minimum Gasteiger partial charge on any atom is -0.401 e. The highest BCUT2D eigenvalue weighted by Crippen LogP contribution is 2.32. The van der Waals surface area contributed by atoms with Crippen LogP contribution in [0, 0.1) is 10.8 Å². The molecule has 0 bridgehead atoms. The molecule has 0 amide bonds. The van der Waals surface area contributed by atoms with E-state index in [1.165, 1.54) is 16.3 Å². The number of pyridine rings is 1. The highest BCUT2D eigenvalue weighted by molar-refractivity contribution is 8.10. The first-order valence-electron chi connectivity index (χ1n) is 15.3. The van der Waals surface area contributed by atoms with Crippen LogP contribution < -0.4 is 10.3 Å². The van der Waals surface area contributed by atoms with E-state index in [0.29, 0.717) is 11.4 Å². The summed E-state index contributed by atoms with van der Waals surface area (Å²) in [5.41, 5.74) is 13.6. The van der Waals surface area contributed by atoms with E-state index in [9.17, 15) is 13.2 Å². The van der Waals surface area contributed by atoms with Crippen LogP contribution in [0.3, 0.4) is 0 Å². The molecule has 0 fully saturated rings. The Morgan fingerprint density at radius 2 is 1.39 bits per heavy atom. The van der Waals surface area contributed by atoms with E-state index in [1.54, 1.807) is 30.4 Å². The Labute approximate surface area is 275 Å². The van der Waals surface area contributed by atoms with Crippen LogP contribution in [0.2, 0.25) is 0 Å². The van der Waals surface area contributed by atoms with E-state index in [2.05, 4.69) is 54.2 Å². The summed E-state index contributed by atoms with van der Waals surface area (Å²) in [4.78, 5) is 5.67. The van der Waals surface area contributed by atoms with Gasteiger partial charge in [-0.25, -0.2) is 0 Å². The van der Waals surface area contributed by atoms with E-state index >= 15 is 0 Å². The maximum absolute atomic E-state index is 13.7. The van der Waals surface area contributed by atoms with Gasteiger partial charge < -0.3 is 5.73 Å². The molecule has 1 aliphatic heterocycles. The second kappa shape index (κ2) is 14.1. The van der Waals surface area contributed by atoms with Crippen molar-refractivity contribution in [3.05, 3.63) is 130 Å². The molecule has 46 heavy (non-hydrogen) atoms. The van der Waals surface area contributed by atoms with Gasteiger partial charge >= 0.3 is 6.18 Å². The van der Waals surface area contributed by atoms with E-state index < -0.39 is 12.7 Å². The number of hydrogen-bond acceptors (Lipinski definition) is 3. The van der Waals surface area contributed by atoms with E-state index in [4.69, 9.17) is 10.7 Å². The summed E-state index contributed by atoms with van der Waals surface area (Å²) in [6.07, 6.45) is 5.67. The average Bonchev–Trinajstić information content (AvgIpc) is 3.49. The Morgan fingerprint density at radius 1 is 0.848 bits per heavy atom. The predicted molar refractivity (Wildman–Crippen MR) is 190 cm³/mol. The number of aromatic nitrogens is 1. The minimum atomic E-state index is -4.38. The molecule has 0 spiro atoms. The largest absolute Gasteiger partial charge is 0.448 e. The third-order valence-corrected chi connectivity index (χ3v) is 8.46. The third kappa shape index (κ3) is 9.70. The van der Waals surface area contributed by atoms with Crippen molar-refractivity contribution in [1.29, 1.82) is 0 Å². The first-order valence-corrected chi connectivity index (χ1v) is 16.1. The molecule has 2 N–H and O–H groups in total. The molecule has 4 rings (SSSR count). The number of nitrogens with zero attached hydrogens (tertiary/aromatic N) is 2. The molecule has 0 radical (unpaired) electrons. The van der Waals surface area contributed by atoms with Gasteiger partial charge in [0.2, 0.25) is 17.9 Å². The summed E-state index contributed by atoms with van der Waals surface area (Å²) in [6, 6.07) is 20.9. The fraction of sp³-hybridized carbons (Fsp3) is 0.282. The van der Waals surface area contributed by atoms with Crippen molar-refractivity contribution >= 4 is 46.7 Å². The maximum atomic E-state index is 13.7. The van der Waals surface area contributed by atoms with Gasteiger partial charge in [-0.15, -0.1) is 0 Å². The standard InChI is InChI=1S/C39H43F3N3S/c1-27(46-25-35(43)37(2,3)4)30-17-11-28(12-18-30)15-21-32-9-8-10-33(45(32)26-39(40,41)42)22-16-29-13-19-31(20-14-29)34-23-24-36(44-34)38(5,6)7/h8-22,24-25H,1,23,26,43H2,2-7H3/q+1/b21-15+,22-16+,35-25-. The summed E-state index contributed by atoms with van der Waals surface area (Å²) < 4.78 is 42.4. The normalized spacial score (nSPS) is 14.7. The molecule has 3 aromatic rings. The zero-order chi connectivity index (χ0) is 33.7. The molecule has 0 saturated carbocycles. The fourth-order valence-corrected chi connectivity index (χ4v) is 5.52. The van der Waals surface area contributed by atoms with E-state index in [0.717, 1.165) is 50.7 Å². The van der Waals surface area contributed by atoms with Gasteiger partial charge in [0.15, 0.2) is 0 Å². The van der Waals surface area contributed by atoms with E-state index in [-0.39, 0.29) is 10.8 Å². The Morgan fingerprint density at radius 3 is 1.87 bits per heavy atom. The lowest BCUT2D eigenvalue weighted by Gasteiger charge is -2.18. The molecule has 3 nitrogen and oxygen atoms in total. The van der Waals surface area contributed by atoms with Crippen molar-refractivity contribution in [3.8, 4) is 0 Å². The Balaban J connectivity index is 1.51. The third-order valence-electron chi connectivity index (χ3n) is 7.57. The number of thioether (sulfide) groups is 1. The second-order valence-corrected chi connectivity index (χ2v) is 14.4. The van der Waals surface area contributed by atoms with Crippen LogP contribution in [0.1, 0.15) is 81.6 Å². The van der Waals surface area contributed by atoms with Gasteiger partial charge in [-0.05, 0) is 45.9 Å². The molecule has 1 aliphatic rings. The van der Waals surface area contributed by atoms with E-state index in [1.807, 2.05) is 66.1 Å². The van der Waals surface area contributed by atoms with Crippen LogP contribution in [0.5, 0.6) is 0 Å². The van der Waals surface area contributed by atoms with Crippen molar-refractivity contribution in [2.24, 2.45) is 21.6 Å². The SMILES string of the molecule is C=C(S/C=C(\N)C(C)(C)C)c1ccc(/C=C/c2cccc(/C=C/c3ccc(C4=NC(C(C)(C)C)=CC4)cc3)[n+]2CC(F)(F)F)cc1. The number of benzene rings is 2. The van der Waals surface area contributed by atoms with Crippen molar-refractivity contribution in [3.63, 3.8) is 0 Å². The van der Waals surface area contributed by atoms with Crippen molar-refractivity contribution in [2.45, 2.75) is 60.7 Å². The molecule has 240 valence electrons. The first-order chi connectivity index (χ1) is 21.5. The average molecular weight is 643 g/mol. The van der Waals surface area contributed by atoms with Crippen LogP contribution in [-0.4, -0.2) is 11.9 Å². The molecular weight excluding hydrogens is 600 g/mol. The van der Waals surface area contributed by atoms with Crippen molar-refractivity contribution < 1.29 is 17.7 Å². The molecule has 0 aliphatic carbocycles.